The van der Waals surface area contributed by atoms with Crippen molar-refractivity contribution < 1.29 is 4.79 Å². The predicted octanol–water partition coefficient (Wildman–Crippen LogP) is 0.416. The predicted molar refractivity (Wildman–Crippen MR) is 46.1 cm³/mol. The summed E-state index contributed by atoms with van der Waals surface area (Å²) in [5, 5.41) is 5.55. The van der Waals surface area contributed by atoms with Gasteiger partial charge in [-0.15, -0.1) is 0 Å². The maximum atomic E-state index is 11.0. The molecule has 0 aromatic heterocycles. The zero-order valence-corrected chi connectivity index (χ0v) is 7.14. The van der Waals surface area contributed by atoms with Crippen molar-refractivity contribution in [1.29, 1.82) is 0 Å². The van der Waals surface area contributed by atoms with E-state index in [4.69, 9.17) is 0 Å². The van der Waals surface area contributed by atoms with Crippen LogP contribution < -0.4 is 10.6 Å². The van der Waals surface area contributed by atoms with Crippen LogP contribution in [-0.2, 0) is 0 Å². The first-order valence-electron chi connectivity index (χ1n) is 3.98. The topological polar surface area (TPSA) is 53.5 Å². The van der Waals surface area contributed by atoms with Gasteiger partial charge in [0.1, 0.15) is 0 Å². The van der Waals surface area contributed by atoms with E-state index in [1.807, 2.05) is 13.8 Å². The molecule has 0 aromatic carbocycles. The number of carbonyl (C=O) groups is 1. The standard InChI is InChI=1S/C8H11N3O/c1-4-7-5(2)10-8(12)11-6(7)3-9-4/h6H,3H2,1-2H3,(H2,10,11,12). The molecular weight excluding hydrogens is 154 g/mol. The van der Waals surface area contributed by atoms with Gasteiger partial charge in [0.2, 0.25) is 0 Å². The summed E-state index contributed by atoms with van der Waals surface area (Å²) in [7, 11) is 0. The van der Waals surface area contributed by atoms with Gasteiger partial charge in [0, 0.05) is 17.0 Å². The summed E-state index contributed by atoms with van der Waals surface area (Å²) >= 11 is 0. The number of hydrogen-bond donors (Lipinski definition) is 2. The highest BCUT2D eigenvalue weighted by Gasteiger charge is 2.29. The minimum absolute atomic E-state index is 0.110. The molecule has 0 spiro atoms. The van der Waals surface area contributed by atoms with Crippen LogP contribution in [0.2, 0.25) is 0 Å². The molecule has 0 saturated heterocycles. The Balaban J connectivity index is 2.40. The van der Waals surface area contributed by atoms with Gasteiger partial charge in [-0.2, -0.15) is 0 Å². The molecule has 64 valence electrons. The maximum absolute atomic E-state index is 11.0. The van der Waals surface area contributed by atoms with Gasteiger partial charge in [-0.25, -0.2) is 4.79 Å². The van der Waals surface area contributed by atoms with Crippen molar-refractivity contribution in [3.8, 4) is 0 Å². The van der Waals surface area contributed by atoms with Crippen LogP contribution in [0.5, 0.6) is 0 Å². The van der Waals surface area contributed by atoms with Crippen LogP contribution in [0.1, 0.15) is 13.8 Å². The lowest BCUT2D eigenvalue weighted by Crippen LogP contribution is -2.48. The van der Waals surface area contributed by atoms with E-state index in [2.05, 4.69) is 15.6 Å². The van der Waals surface area contributed by atoms with Gasteiger partial charge in [-0.3, -0.25) is 4.99 Å². The lowest BCUT2D eigenvalue weighted by Gasteiger charge is -2.23. The third kappa shape index (κ3) is 0.913. The van der Waals surface area contributed by atoms with E-state index < -0.39 is 0 Å². The zero-order chi connectivity index (χ0) is 8.72. The monoisotopic (exact) mass is 165 g/mol. The molecule has 4 nitrogen and oxygen atoms in total. The van der Waals surface area contributed by atoms with Gasteiger partial charge in [-0.05, 0) is 13.8 Å². The number of urea groups is 1. The minimum Gasteiger partial charge on any atom is -0.329 e. The zero-order valence-electron chi connectivity index (χ0n) is 7.14. The fourth-order valence-corrected chi connectivity index (χ4v) is 1.74. The quantitative estimate of drug-likeness (QED) is 0.537. The Labute approximate surface area is 70.7 Å². The van der Waals surface area contributed by atoms with E-state index in [0.29, 0.717) is 6.54 Å². The maximum Gasteiger partial charge on any atom is 0.319 e. The van der Waals surface area contributed by atoms with E-state index in [-0.39, 0.29) is 12.1 Å². The lowest BCUT2D eigenvalue weighted by atomic mass is 10.0. The fraction of sp³-hybridized carbons (Fsp3) is 0.500. The smallest absolute Gasteiger partial charge is 0.319 e. The van der Waals surface area contributed by atoms with Crippen molar-refractivity contribution >= 4 is 11.7 Å². The van der Waals surface area contributed by atoms with Gasteiger partial charge >= 0.3 is 6.03 Å². The molecule has 0 aromatic rings. The van der Waals surface area contributed by atoms with Crippen LogP contribution in [0.3, 0.4) is 0 Å². The molecule has 0 aliphatic carbocycles. The molecule has 0 radical (unpaired) electrons. The molecule has 2 rings (SSSR count). The molecule has 2 aliphatic heterocycles. The Kier molecular flexibility index (Phi) is 1.43. The van der Waals surface area contributed by atoms with Crippen molar-refractivity contribution in [2.24, 2.45) is 4.99 Å². The Morgan fingerprint density at radius 3 is 3.00 bits per heavy atom. The number of nitrogens with zero attached hydrogens (tertiary/aromatic N) is 1. The second-order valence-corrected chi connectivity index (χ2v) is 3.12. The van der Waals surface area contributed by atoms with Crippen molar-refractivity contribution in [1.82, 2.24) is 10.6 Å². The molecule has 12 heavy (non-hydrogen) atoms. The first kappa shape index (κ1) is 7.34. The second kappa shape index (κ2) is 2.33. The highest BCUT2D eigenvalue weighted by molar-refractivity contribution is 6.04. The molecule has 0 bridgehead atoms. The summed E-state index contributed by atoms with van der Waals surface area (Å²) in [4.78, 5) is 15.3. The average Bonchev–Trinajstić information content (AvgIpc) is 2.31. The Morgan fingerprint density at radius 1 is 1.50 bits per heavy atom. The van der Waals surface area contributed by atoms with Gasteiger partial charge in [0.15, 0.2) is 0 Å². The van der Waals surface area contributed by atoms with Crippen LogP contribution in [0.4, 0.5) is 4.79 Å². The molecule has 0 saturated carbocycles. The van der Waals surface area contributed by atoms with Gasteiger partial charge < -0.3 is 10.6 Å². The number of aliphatic imine (C=N–C) groups is 1. The first-order chi connectivity index (χ1) is 5.68. The molecule has 2 heterocycles. The van der Waals surface area contributed by atoms with E-state index in [0.717, 1.165) is 17.0 Å². The first-order valence-corrected chi connectivity index (χ1v) is 3.98. The number of fused-ring (bicyclic) bond motifs is 1. The number of carbonyl (C=O) groups excluding carboxylic acids is 1. The molecule has 1 atom stereocenters. The number of allylic oxidation sites excluding steroid dienone is 1. The molecule has 1 unspecified atom stereocenters. The van der Waals surface area contributed by atoms with E-state index in [1.54, 1.807) is 0 Å². The summed E-state index contributed by atoms with van der Waals surface area (Å²) in [6.45, 7) is 4.56. The molecule has 2 amide bonds. The van der Waals surface area contributed by atoms with Gasteiger partial charge in [0.05, 0.1) is 12.6 Å². The van der Waals surface area contributed by atoms with Crippen LogP contribution in [0, 0.1) is 0 Å². The average molecular weight is 165 g/mol. The third-order valence-corrected chi connectivity index (χ3v) is 2.26. The van der Waals surface area contributed by atoms with Gasteiger partial charge in [0.25, 0.3) is 0 Å². The summed E-state index contributed by atoms with van der Waals surface area (Å²) in [5.74, 6) is 0. The summed E-state index contributed by atoms with van der Waals surface area (Å²) < 4.78 is 0. The summed E-state index contributed by atoms with van der Waals surface area (Å²) in [5.41, 5.74) is 3.11. The largest absolute Gasteiger partial charge is 0.329 e. The van der Waals surface area contributed by atoms with Crippen molar-refractivity contribution in [2.75, 3.05) is 6.54 Å². The SMILES string of the molecule is CC1=NCC2NC(=O)NC(C)=C12. The van der Waals surface area contributed by atoms with Crippen molar-refractivity contribution in [3.63, 3.8) is 0 Å². The second-order valence-electron chi connectivity index (χ2n) is 3.12. The highest BCUT2D eigenvalue weighted by Crippen LogP contribution is 2.19. The summed E-state index contributed by atoms with van der Waals surface area (Å²) in [6.07, 6.45) is 0. The highest BCUT2D eigenvalue weighted by atomic mass is 16.2. The van der Waals surface area contributed by atoms with E-state index >= 15 is 0 Å². The number of hydrogen-bond acceptors (Lipinski definition) is 2. The number of rotatable bonds is 0. The van der Waals surface area contributed by atoms with Crippen LogP contribution in [0.25, 0.3) is 0 Å². The molecule has 2 aliphatic rings. The van der Waals surface area contributed by atoms with E-state index in [1.165, 1.54) is 0 Å². The Hall–Kier alpha value is -1.32. The normalized spacial score (nSPS) is 27.7. The van der Waals surface area contributed by atoms with Crippen molar-refractivity contribution in [2.45, 2.75) is 19.9 Å². The van der Waals surface area contributed by atoms with Crippen molar-refractivity contribution in [3.05, 3.63) is 11.3 Å². The summed E-state index contributed by atoms with van der Waals surface area (Å²) in [6, 6.07) is -0.00935. The molecule has 0 fully saturated rings. The van der Waals surface area contributed by atoms with Crippen LogP contribution in [0.15, 0.2) is 16.3 Å². The molecule has 4 heteroatoms. The number of amides is 2. The van der Waals surface area contributed by atoms with Crippen LogP contribution in [-0.4, -0.2) is 24.3 Å². The molecular formula is C8H11N3O. The minimum atomic E-state index is -0.119. The third-order valence-electron chi connectivity index (χ3n) is 2.26. The van der Waals surface area contributed by atoms with Gasteiger partial charge in [-0.1, -0.05) is 0 Å². The van der Waals surface area contributed by atoms with Crippen LogP contribution >= 0.6 is 0 Å². The lowest BCUT2D eigenvalue weighted by molar-refractivity contribution is 0.239. The molecule has 2 N–H and O–H groups in total. The Morgan fingerprint density at radius 2 is 2.25 bits per heavy atom. The Bertz CT molecular complexity index is 303. The number of nitrogens with one attached hydrogen (secondary N) is 2. The van der Waals surface area contributed by atoms with E-state index in [9.17, 15) is 4.79 Å². The fourth-order valence-electron chi connectivity index (χ4n) is 1.74.